The van der Waals surface area contributed by atoms with Gasteiger partial charge in [0.1, 0.15) is 11.6 Å². The lowest BCUT2D eigenvalue weighted by atomic mass is 10.1. The molecule has 0 saturated carbocycles. The minimum absolute atomic E-state index is 0.273. The maximum Gasteiger partial charge on any atom is 0.265 e. The van der Waals surface area contributed by atoms with Gasteiger partial charge in [-0.1, -0.05) is 24.3 Å². The number of halogens is 1. The summed E-state index contributed by atoms with van der Waals surface area (Å²) in [7, 11) is 1.67. The molecule has 0 saturated heterocycles. The van der Waals surface area contributed by atoms with Gasteiger partial charge in [-0.2, -0.15) is 0 Å². The normalized spacial score (nSPS) is 10.9. The van der Waals surface area contributed by atoms with E-state index in [0.29, 0.717) is 10.6 Å². The largest absolute Gasteiger partial charge is 0.497 e. The van der Waals surface area contributed by atoms with Gasteiger partial charge in [0, 0.05) is 11.2 Å². The molecule has 1 amide bonds. The number of carbonyl (C=O) groups is 1. The lowest BCUT2D eigenvalue weighted by Crippen LogP contribution is -2.16. The number of benzene rings is 3. The Morgan fingerprint density at radius 2 is 1.94 bits per heavy atom. The van der Waals surface area contributed by atoms with Crippen molar-refractivity contribution in [2.45, 2.75) is 13.0 Å². The molecule has 5 nitrogen and oxygen atoms in total. The van der Waals surface area contributed by atoms with Crippen LogP contribution in [0.1, 0.15) is 20.8 Å². The molecule has 0 unspecified atom stereocenters. The molecule has 0 bridgehead atoms. The summed E-state index contributed by atoms with van der Waals surface area (Å²) in [5.74, 6) is 0.105. The number of thiophene rings is 1. The van der Waals surface area contributed by atoms with Crippen LogP contribution in [0.4, 0.5) is 15.8 Å². The van der Waals surface area contributed by atoms with Crippen LogP contribution in [-0.2, 0) is 13.0 Å². The van der Waals surface area contributed by atoms with Gasteiger partial charge in [-0.15, -0.1) is 11.3 Å². The molecule has 7 heteroatoms. The number of amides is 1. The second-order valence-corrected chi connectivity index (χ2v) is 8.53. The first kappa shape index (κ1) is 21.8. The molecule has 4 rings (SSSR count). The number of fused-ring (bicyclic) bond motifs is 1. The molecular formula is C25H24FN3O2S. The zero-order valence-electron chi connectivity index (χ0n) is 17.7. The van der Waals surface area contributed by atoms with E-state index < -0.39 is 5.82 Å². The fourth-order valence-electron chi connectivity index (χ4n) is 3.41. The Labute approximate surface area is 190 Å². The number of nitrogens with two attached hydrogens (primary N) is 1. The Bertz CT molecular complexity index is 1260. The Hall–Kier alpha value is -3.42. The number of carbonyl (C=O) groups excluding carboxylic acids is 1. The number of ether oxygens (including phenoxy) is 1. The summed E-state index contributed by atoms with van der Waals surface area (Å²) in [4.78, 5) is 13.2. The third-order valence-electron chi connectivity index (χ3n) is 5.13. The monoisotopic (exact) mass is 449 g/mol. The van der Waals surface area contributed by atoms with Crippen molar-refractivity contribution in [3.05, 3.63) is 88.6 Å². The number of nitrogen functional groups attached to an aromatic ring is 1. The van der Waals surface area contributed by atoms with Gasteiger partial charge in [0.15, 0.2) is 0 Å². The van der Waals surface area contributed by atoms with Gasteiger partial charge in [-0.25, -0.2) is 4.39 Å². The van der Waals surface area contributed by atoms with E-state index in [4.69, 9.17) is 10.5 Å². The SMILES string of the molecule is COc1cccc(CNCCc2ccc3cc(C(=O)Nc4cc(F)ccc4N)sc3c2)c1. The van der Waals surface area contributed by atoms with E-state index in [2.05, 4.69) is 28.8 Å². The predicted molar refractivity (Wildman–Crippen MR) is 129 cm³/mol. The molecule has 0 atom stereocenters. The Morgan fingerprint density at radius 1 is 1.06 bits per heavy atom. The fourth-order valence-corrected chi connectivity index (χ4v) is 4.43. The van der Waals surface area contributed by atoms with Gasteiger partial charge < -0.3 is 21.1 Å². The predicted octanol–water partition coefficient (Wildman–Crippen LogP) is 5.22. The molecule has 0 fully saturated rings. The minimum atomic E-state index is -0.449. The van der Waals surface area contributed by atoms with Gasteiger partial charge in [0.05, 0.1) is 23.4 Å². The number of rotatable bonds is 8. The van der Waals surface area contributed by atoms with E-state index in [1.54, 1.807) is 7.11 Å². The number of hydrogen-bond acceptors (Lipinski definition) is 5. The quantitative estimate of drug-likeness (QED) is 0.255. The Balaban J connectivity index is 1.37. The van der Waals surface area contributed by atoms with Crippen LogP contribution < -0.4 is 21.1 Å². The molecular weight excluding hydrogens is 425 g/mol. The topological polar surface area (TPSA) is 76.4 Å². The van der Waals surface area contributed by atoms with Crippen molar-refractivity contribution in [1.29, 1.82) is 0 Å². The first-order chi connectivity index (χ1) is 15.5. The fraction of sp³-hybridized carbons (Fsp3) is 0.160. The summed E-state index contributed by atoms with van der Waals surface area (Å²) in [5, 5.41) is 7.15. The van der Waals surface area contributed by atoms with Gasteiger partial charge in [-0.3, -0.25) is 4.79 Å². The summed E-state index contributed by atoms with van der Waals surface area (Å²) < 4.78 is 19.7. The summed E-state index contributed by atoms with van der Waals surface area (Å²) >= 11 is 1.41. The van der Waals surface area contributed by atoms with Crippen LogP contribution in [-0.4, -0.2) is 19.6 Å². The number of nitrogens with one attached hydrogen (secondary N) is 2. The van der Waals surface area contributed by atoms with Gasteiger partial charge in [0.25, 0.3) is 5.91 Å². The number of methoxy groups -OCH3 is 1. The highest BCUT2D eigenvalue weighted by atomic mass is 32.1. The first-order valence-electron chi connectivity index (χ1n) is 10.2. The second kappa shape index (κ2) is 9.80. The molecule has 0 radical (unpaired) electrons. The van der Waals surface area contributed by atoms with Crippen molar-refractivity contribution in [1.82, 2.24) is 5.32 Å². The summed E-state index contributed by atoms with van der Waals surface area (Å²) in [6.07, 6.45) is 0.874. The molecule has 0 spiro atoms. The standard InChI is InChI=1S/C25H24FN3O2S/c1-31-20-4-2-3-17(11-20)15-28-10-9-16-5-6-18-13-24(32-23(18)12-16)25(30)29-22-14-19(26)7-8-21(22)27/h2-8,11-14,28H,9-10,15,27H2,1H3,(H,29,30). The average Bonchev–Trinajstić information content (AvgIpc) is 3.23. The summed E-state index contributed by atoms with van der Waals surface area (Å²) in [6.45, 7) is 1.60. The van der Waals surface area contributed by atoms with Crippen molar-refractivity contribution >= 4 is 38.7 Å². The van der Waals surface area contributed by atoms with Crippen LogP contribution in [0.25, 0.3) is 10.1 Å². The minimum Gasteiger partial charge on any atom is -0.497 e. The van der Waals surface area contributed by atoms with Crippen molar-refractivity contribution in [2.75, 3.05) is 24.7 Å². The second-order valence-electron chi connectivity index (χ2n) is 7.45. The molecule has 4 aromatic rings. The van der Waals surface area contributed by atoms with E-state index in [9.17, 15) is 9.18 Å². The maximum absolute atomic E-state index is 13.5. The van der Waals surface area contributed by atoms with E-state index in [-0.39, 0.29) is 11.6 Å². The van der Waals surface area contributed by atoms with Crippen LogP contribution in [0.2, 0.25) is 0 Å². The molecule has 0 aliphatic rings. The highest BCUT2D eigenvalue weighted by Gasteiger charge is 2.13. The zero-order valence-corrected chi connectivity index (χ0v) is 18.5. The molecule has 3 aromatic carbocycles. The number of hydrogen-bond donors (Lipinski definition) is 3. The van der Waals surface area contributed by atoms with E-state index in [1.807, 2.05) is 30.3 Å². The Morgan fingerprint density at radius 3 is 2.78 bits per heavy atom. The molecule has 0 aliphatic heterocycles. The van der Waals surface area contributed by atoms with Crippen molar-refractivity contribution in [2.24, 2.45) is 0 Å². The van der Waals surface area contributed by atoms with E-state index >= 15 is 0 Å². The van der Waals surface area contributed by atoms with Crippen molar-refractivity contribution in [3.63, 3.8) is 0 Å². The lowest BCUT2D eigenvalue weighted by molar-refractivity contribution is 0.103. The molecule has 32 heavy (non-hydrogen) atoms. The molecule has 4 N–H and O–H groups in total. The van der Waals surface area contributed by atoms with Crippen LogP contribution in [0.3, 0.4) is 0 Å². The van der Waals surface area contributed by atoms with Crippen molar-refractivity contribution in [3.8, 4) is 5.75 Å². The van der Waals surface area contributed by atoms with Gasteiger partial charge >= 0.3 is 0 Å². The van der Waals surface area contributed by atoms with Gasteiger partial charge in [0.2, 0.25) is 0 Å². The highest BCUT2D eigenvalue weighted by Crippen LogP contribution is 2.28. The van der Waals surface area contributed by atoms with E-state index in [1.165, 1.54) is 40.7 Å². The molecule has 1 heterocycles. The average molecular weight is 450 g/mol. The lowest BCUT2D eigenvalue weighted by Gasteiger charge is -2.07. The zero-order chi connectivity index (χ0) is 22.5. The maximum atomic E-state index is 13.5. The Kier molecular flexibility index (Phi) is 6.68. The van der Waals surface area contributed by atoms with Crippen LogP contribution >= 0.6 is 11.3 Å². The van der Waals surface area contributed by atoms with Crippen LogP contribution in [0.15, 0.2) is 66.7 Å². The third kappa shape index (κ3) is 5.25. The molecule has 0 aliphatic carbocycles. The summed E-state index contributed by atoms with van der Waals surface area (Å²) in [5.41, 5.74) is 8.79. The van der Waals surface area contributed by atoms with Crippen LogP contribution in [0, 0.1) is 5.82 Å². The summed E-state index contributed by atoms with van der Waals surface area (Å²) in [6, 6.07) is 20.0. The molecule has 164 valence electrons. The number of anilines is 2. The van der Waals surface area contributed by atoms with Crippen LogP contribution in [0.5, 0.6) is 5.75 Å². The van der Waals surface area contributed by atoms with Crippen molar-refractivity contribution < 1.29 is 13.9 Å². The van der Waals surface area contributed by atoms with Gasteiger partial charge in [-0.05, 0) is 71.9 Å². The third-order valence-corrected chi connectivity index (χ3v) is 6.22. The smallest absolute Gasteiger partial charge is 0.265 e. The van der Waals surface area contributed by atoms with E-state index in [0.717, 1.165) is 35.3 Å². The molecule has 1 aromatic heterocycles. The highest BCUT2D eigenvalue weighted by molar-refractivity contribution is 7.20. The first-order valence-corrected chi connectivity index (χ1v) is 11.1.